The van der Waals surface area contributed by atoms with Crippen molar-refractivity contribution in [1.29, 1.82) is 0 Å². The summed E-state index contributed by atoms with van der Waals surface area (Å²) in [5, 5.41) is 8.62. The molecule has 1 aromatic heterocycles. The van der Waals surface area contributed by atoms with E-state index in [1.54, 1.807) is 11.6 Å². The summed E-state index contributed by atoms with van der Waals surface area (Å²) < 4.78 is 7.77. The fourth-order valence-corrected chi connectivity index (χ4v) is 3.32. The zero-order valence-electron chi connectivity index (χ0n) is 16.7. The monoisotopic (exact) mass is 393 g/mol. The Kier molecular flexibility index (Phi) is 7.55. The number of aryl methyl sites for hydroxylation is 3. The van der Waals surface area contributed by atoms with Crippen LogP contribution in [0.3, 0.4) is 0 Å². The van der Waals surface area contributed by atoms with Gasteiger partial charge in [-0.05, 0) is 49.1 Å². The van der Waals surface area contributed by atoms with Gasteiger partial charge >= 0.3 is 0 Å². The van der Waals surface area contributed by atoms with Gasteiger partial charge in [0.2, 0.25) is 0 Å². The lowest BCUT2D eigenvalue weighted by molar-refractivity contribution is -0.124. The predicted molar refractivity (Wildman–Crippen MR) is 114 cm³/mol. The van der Waals surface area contributed by atoms with Gasteiger partial charge in [0.25, 0.3) is 5.91 Å². The van der Waals surface area contributed by atoms with E-state index in [9.17, 15) is 4.79 Å². The quantitative estimate of drug-likeness (QED) is 0.238. The molecule has 152 valence electrons. The van der Waals surface area contributed by atoms with Crippen LogP contribution in [0.15, 0.2) is 54.6 Å². The molecule has 6 nitrogen and oxygen atoms in total. The molecule has 0 spiro atoms. The number of fused-ring (bicyclic) bond motifs is 1. The molecule has 0 bridgehead atoms. The molecule has 0 unspecified atom stereocenters. The van der Waals surface area contributed by atoms with E-state index < -0.39 is 5.91 Å². The number of ether oxygens (including phenoxy) is 1. The number of carbonyl (C=O) groups excluding carboxylic acids is 1. The van der Waals surface area contributed by atoms with Gasteiger partial charge in [0.05, 0.1) is 11.0 Å². The number of imidazole rings is 1. The molecule has 0 aliphatic rings. The van der Waals surface area contributed by atoms with Crippen LogP contribution in [0.25, 0.3) is 17.1 Å². The van der Waals surface area contributed by atoms with E-state index in [2.05, 4.69) is 28.8 Å². The molecule has 1 heterocycles. The average molecular weight is 393 g/mol. The normalized spacial score (nSPS) is 11.4. The predicted octanol–water partition coefficient (Wildman–Crippen LogP) is 3.77. The Morgan fingerprint density at radius 2 is 2.03 bits per heavy atom. The molecule has 0 aliphatic carbocycles. The van der Waals surface area contributed by atoms with Gasteiger partial charge in [-0.3, -0.25) is 10.0 Å². The number of benzene rings is 2. The standard InChI is InChI=1S/C23H27N3O3/c1-2-29-16-6-15-26-21-12-9-19(11-14-23(27)25-28)17-20(21)24-22(26)13-10-18-7-4-3-5-8-18/h3-5,7-9,11-12,14,17,28H,2,6,10,13,15-16H2,1H3,(H,25,27)/b14-11+. The van der Waals surface area contributed by atoms with Crippen molar-refractivity contribution in [3.8, 4) is 0 Å². The van der Waals surface area contributed by atoms with Gasteiger partial charge in [0.1, 0.15) is 5.82 Å². The van der Waals surface area contributed by atoms with E-state index in [4.69, 9.17) is 14.9 Å². The maximum atomic E-state index is 11.2. The summed E-state index contributed by atoms with van der Waals surface area (Å²) in [6.45, 7) is 4.31. The van der Waals surface area contributed by atoms with Gasteiger partial charge in [-0.15, -0.1) is 0 Å². The van der Waals surface area contributed by atoms with E-state index in [1.165, 1.54) is 11.6 Å². The van der Waals surface area contributed by atoms with Crippen molar-refractivity contribution < 1.29 is 14.7 Å². The van der Waals surface area contributed by atoms with Crippen LogP contribution < -0.4 is 5.48 Å². The SMILES string of the molecule is CCOCCCn1c(CCc2ccccc2)nc2cc(/C=C/C(=O)NO)ccc21. The first kappa shape index (κ1) is 20.8. The van der Waals surface area contributed by atoms with Gasteiger partial charge in [-0.1, -0.05) is 36.4 Å². The summed E-state index contributed by atoms with van der Waals surface area (Å²) in [4.78, 5) is 16.1. The van der Waals surface area contributed by atoms with Crippen LogP contribution in [-0.2, 0) is 28.9 Å². The topological polar surface area (TPSA) is 76.4 Å². The van der Waals surface area contributed by atoms with Crippen molar-refractivity contribution >= 4 is 23.0 Å². The third-order valence-corrected chi connectivity index (χ3v) is 4.74. The van der Waals surface area contributed by atoms with Crippen LogP contribution in [0.5, 0.6) is 0 Å². The second-order valence-corrected chi connectivity index (χ2v) is 6.77. The molecule has 0 aliphatic heterocycles. The summed E-state index contributed by atoms with van der Waals surface area (Å²) in [5.74, 6) is 0.490. The highest BCUT2D eigenvalue weighted by molar-refractivity contribution is 5.91. The van der Waals surface area contributed by atoms with Crippen LogP contribution in [0.1, 0.15) is 30.3 Å². The molecule has 3 aromatic rings. The van der Waals surface area contributed by atoms with E-state index >= 15 is 0 Å². The first-order valence-corrected chi connectivity index (χ1v) is 9.94. The second-order valence-electron chi connectivity index (χ2n) is 6.77. The number of nitrogens with zero attached hydrogens (tertiary/aromatic N) is 2. The van der Waals surface area contributed by atoms with E-state index in [0.29, 0.717) is 0 Å². The van der Waals surface area contributed by atoms with Crippen molar-refractivity contribution in [2.75, 3.05) is 13.2 Å². The highest BCUT2D eigenvalue weighted by Gasteiger charge is 2.11. The molecule has 2 N–H and O–H groups in total. The van der Waals surface area contributed by atoms with E-state index in [1.807, 2.05) is 31.2 Å². The van der Waals surface area contributed by atoms with Crippen LogP contribution in [0.2, 0.25) is 0 Å². The summed E-state index contributed by atoms with van der Waals surface area (Å²) in [5.41, 5.74) is 5.72. The van der Waals surface area contributed by atoms with Crippen LogP contribution in [0, 0.1) is 0 Å². The zero-order valence-corrected chi connectivity index (χ0v) is 16.7. The second kappa shape index (κ2) is 10.5. The third-order valence-electron chi connectivity index (χ3n) is 4.74. The van der Waals surface area contributed by atoms with Gasteiger partial charge in [-0.2, -0.15) is 0 Å². The number of hydroxylamine groups is 1. The summed E-state index contributed by atoms with van der Waals surface area (Å²) in [6, 6.07) is 16.4. The Labute approximate surface area is 170 Å². The maximum absolute atomic E-state index is 11.2. The minimum Gasteiger partial charge on any atom is -0.382 e. The average Bonchev–Trinajstić information content (AvgIpc) is 3.11. The first-order valence-electron chi connectivity index (χ1n) is 9.94. The van der Waals surface area contributed by atoms with Gasteiger partial charge < -0.3 is 9.30 Å². The lowest BCUT2D eigenvalue weighted by atomic mass is 10.1. The van der Waals surface area contributed by atoms with Crippen molar-refractivity contribution in [3.63, 3.8) is 0 Å². The summed E-state index contributed by atoms with van der Waals surface area (Å²) in [6.07, 6.45) is 5.65. The molecule has 1 amide bonds. The highest BCUT2D eigenvalue weighted by atomic mass is 16.5. The number of hydrogen-bond acceptors (Lipinski definition) is 4. The third kappa shape index (κ3) is 5.76. The summed E-state index contributed by atoms with van der Waals surface area (Å²) >= 11 is 0. The fourth-order valence-electron chi connectivity index (χ4n) is 3.32. The molecule has 0 radical (unpaired) electrons. The van der Waals surface area contributed by atoms with Crippen molar-refractivity contribution in [2.45, 2.75) is 32.7 Å². The van der Waals surface area contributed by atoms with Gasteiger partial charge in [-0.25, -0.2) is 10.5 Å². The minimum atomic E-state index is -0.560. The molecular formula is C23H27N3O3. The van der Waals surface area contributed by atoms with Crippen molar-refractivity contribution in [1.82, 2.24) is 15.0 Å². The zero-order chi connectivity index (χ0) is 20.5. The number of aromatic nitrogens is 2. The molecular weight excluding hydrogens is 366 g/mol. The largest absolute Gasteiger partial charge is 0.382 e. The Balaban J connectivity index is 1.84. The molecule has 2 aromatic carbocycles. The molecule has 0 saturated carbocycles. The number of hydrogen-bond donors (Lipinski definition) is 2. The molecule has 29 heavy (non-hydrogen) atoms. The number of nitrogens with one attached hydrogen (secondary N) is 1. The fraction of sp³-hybridized carbons (Fsp3) is 0.304. The maximum Gasteiger partial charge on any atom is 0.267 e. The Morgan fingerprint density at radius 1 is 1.21 bits per heavy atom. The number of carbonyl (C=O) groups is 1. The first-order chi connectivity index (χ1) is 14.2. The van der Waals surface area contributed by atoms with Crippen LogP contribution >= 0.6 is 0 Å². The van der Waals surface area contributed by atoms with Gasteiger partial charge in [0, 0.05) is 32.3 Å². The Morgan fingerprint density at radius 3 is 2.79 bits per heavy atom. The number of rotatable bonds is 10. The van der Waals surface area contributed by atoms with Crippen LogP contribution in [-0.4, -0.2) is 33.9 Å². The molecule has 3 rings (SSSR count). The van der Waals surface area contributed by atoms with E-state index in [-0.39, 0.29) is 0 Å². The smallest absolute Gasteiger partial charge is 0.267 e. The van der Waals surface area contributed by atoms with Crippen molar-refractivity contribution in [3.05, 3.63) is 71.6 Å². The highest BCUT2D eigenvalue weighted by Crippen LogP contribution is 2.21. The lowest BCUT2D eigenvalue weighted by Gasteiger charge is -2.10. The molecule has 0 saturated heterocycles. The lowest BCUT2D eigenvalue weighted by Crippen LogP contribution is -2.14. The number of amides is 1. The van der Waals surface area contributed by atoms with Crippen LogP contribution in [0.4, 0.5) is 0 Å². The molecule has 6 heteroatoms. The van der Waals surface area contributed by atoms with E-state index in [0.717, 1.165) is 61.4 Å². The Bertz CT molecular complexity index is 964. The Hall–Kier alpha value is -2.96. The molecule has 0 atom stereocenters. The molecule has 0 fully saturated rings. The minimum absolute atomic E-state index is 0.560. The van der Waals surface area contributed by atoms with Crippen molar-refractivity contribution in [2.24, 2.45) is 0 Å². The summed E-state index contributed by atoms with van der Waals surface area (Å²) in [7, 11) is 0. The van der Waals surface area contributed by atoms with Gasteiger partial charge in [0.15, 0.2) is 0 Å².